The number of hydrogen-bond donors (Lipinski definition) is 1. The van der Waals surface area contributed by atoms with E-state index in [0.717, 1.165) is 28.3 Å². The molecule has 7 heteroatoms. The fourth-order valence-corrected chi connectivity index (χ4v) is 5.20. The monoisotopic (exact) mass is 476 g/mol. The number of rotatable bonds is 4. The zero-order chi connectivity index (χ0) is 23.1. The normalized spacial score (nSPS) is 17.9. The van der Waals surface area contributed by atoms with Crippen LogP contribution in [0.1, 0.15) is 34.7 Å². The third kappa shape index (κ3) is 3.79. The van der Waals surface area contributed by atoms with E-state index in [4.69, 9.17) is 23.8 Å². The predicted molar refractivity (Wildman–Crippen MR) is 135 cm³/mol. The number of aryl methyl sites for hydroxylation is 1. The minimum Gasteiger partial charge on any atom is -0.351 e. The van der Waals surface area contributed by atoms with Crippen LogP contribution in [0.15, 0.2) is 79.0 Å². The molecular weight excluding hydrogens is 455 g/mol. The van der Waals surface area contributed by atoms with Gasteiger partial charge in [-0.25, -0.2) is 4.39 Å². The van der Waals surface area contributed by atoms with Gasteiger partial charge in [0.05, 0.1) is 23.5 Å². The third-order valence-corrected chi connectivity index (χ3v) is 6.62. The van der Waals surface area contributed by atoms with E-state index in [2.05, 4.69) is 34.8 Å². The largest absolute Gasteiger partial charge is 0.351 e. The van der Waals surface area contributed by atoms with Gasteiger partial charge in [-0.1, -0.05) is 35.9 Å². The molecule has 0 unspecified atom stereocenters. The highest BCUT2D eigenvalue weighted by molar-refractivity contribution is 7.80. The van der Waals surface area contributed by atoms with Crippen LogP contribution in [0.5, 0.6) is 0 Å². The van der Waals surface area contributed by atoms with Gasteiger partial charge in [-0.3, -0.25) is 4.98 Å². The molecule has 5 rings (SSSR count). The summed E-state index contributed by atoms with van der Waals surface area (Å²) in [4.78, 5) is 6.45. The van der Waals surface area contributed by atoms with Crippen LogP contribution in [0.3, 0.4) is 0 Å². The number of anilines is 1. The Kier molecular flexibility index (Phi) is 5.64. The highest BCUT2D eigenvalue weighted by Gasteiger charge is 2.43. The summed E-state index contributed by atoms with van der Waals surface area (Å²) in [5, 5.41) is 4.53. The van der Waals surface area contributed by atoms with Crippen molar-refractivity contribution in [1.29, 1.82) is 0 Å². The number of benzene rings is 2. The van der Waals surface area contributed by atoms with E-state index >= 15 is 0 Å². The second-order valence-electron chi connectivity index (χ2n) is 8.09. The van der Waals surface area contributed by atoms with E-state index < -0.39 is 0 Å². The van der Waals surface area contributed by atoms with Crippen LogP contribution in [0, 0.1) is 19.7 Å². The second-order valence-corrected chi connectivity index (χ2v) is 8.91. The van der Waals surface area contributed by atoms with Gasteiger partial charge in [0.1, 0.15) is 5.82 Å². The molecule has 33 heavy (non-hydrogen) atoms. The molecule has 2 atom stereocenters. The molecule has 2 aromatic carbocycles. The van der Waals surface area contributed by atoms with E-state index in [9.17, 15) is 4.39 Å². The molecule has 0 spiro atoms. The molecule has 0 bridgehead atoms. The van der Waals surface area contributed by atoms with Crippen LogP contribution in [0.25, 0.3) is 5.69 Å². The first-order chi connectivity index (χ1) is 16.0. The Balaban J connectivity index is 1.70. The highest BCUT2D eigenvalue weighted by atomic mass is 35.5. The van der Waals surface area contributed by atoms with Crippen LogP contribution < -0.4 is 10.2 Å². The van der Waals surface area contributed by atoms with Gasteiger partial charge in [0, 0.05) is 28.3 Å². The summed E-state index contributed by atoms with van der Waals surface area (Å²) in [5.41, 5.74) is 5.38. The van der Waals surface area contributed by atoms with Crippen LogP contribution in [0.4, 0.5) is 10.1 Å². The van der Waals surface area contributed by atoms with Gasteiger partial charge < -0.3 is 14.8 Å². The van der Waals surface area contributed by atoms with Gasteiger partial charge in [-0.15, -0.1) is 0 Å². The van der Waals surface area contributed by atoms with E-state index in [0.29, 0.717) is 15.8 Å². The average molecular weight is 477 g/mol. The van der Waals surface area contributed by atoms with E-state index in [1.807, 2.05) is 53.4 Å². The van der Waals surface area contributed by atoms with Crippen LogP contribution in [0.2, 0.25) is 5.02 Å². The Morgan fingerprint density at radius 1 is 1.00 bits per heavy atom. The van der Waals surface area contributed by atoms with Crippen molar-refractivity contribution in [3.05, 3.63) is 112 Å². The Labute approximate surface area is 202 Å². The van der Waals surface area contributed by atoms with Crippen molar-refractivity contribution in [3.63, 3.8) is 0 Å². The number of nitrogens with zero attached hydrogens (tertiary/aromatic N) is 3. The number of para-hydroxylation sites is 1. The lowest BCUT2D eigenvalue weighted by Gasteiger charge is -2.28. The summed E-state index contributed by atoms with van der Waals surface area (Å²) in [6.07, 6.45) is 1.76. The lowest BCUT2D eigenvalue weighted by atomic mass is 9.96. The van der Waals surface area contributed by atoms with E-state index in [-0.39, 0.29) is 17.9 Å². The van der Waals surface area contributed by atoms with Crippen LogP contribution >= 0.6 is 23.8 Å². The molecule has 1 aliphatic heterocycles. The van der Waals surface area contributed by atoms with Gasteiger partial charge in [-0.05, 0) is 80.2 Å². The number of nitrogens with one attached hydrogen (secondary N) is 1. The molecule has 1 aliphatic rings. The van der Waals surface area contributed by atoms with Crippen molar-refractivity contribution < 1.29 is 4.39 Å². The van der Waals surface area contributed by atoms with Gasteiger partial charge in [0.15, 0.2) is 5.11 Å². The van der Waals surface area contributed by atoms with Crippen molar-refractivity contribution in [2.24, 2.45) is 0 Å². The fraction of sp³-hybridized carbons (Fsp3) is 0.154. The predicted octanol–water partition coefficient (Wildman–Crippen LogP) is 6.46. The summed E-state index contributed by atoms with van der Waals surface area (Å²) in [7, 11) is 0. The number of thiocarbonyl (C=S) groups is 1. The first-order valence-corrected chi connectivity index (χ1v) is 11.4. The van der Waals surface area contributed by atoms with Crippen molar-refractivity contribution >= 4 is 34.6 Å². The average Bonchev–Trinajstić information content (AvgIpc) is 3.30. The summed E-state index contributed by atoms with van der Waals surface area (Å²) < 4.78 is 17.1. The minimum atomic E-state index is -0.322. The Morgan fingerprint density at radius 2 is 1.79 bits per heavy atom. The molecule has 4 aromatic rings. The van der Waals surface area contributed by atoms with Crippen LogP contribution in [-0.2, 0) is 0 Å². The van der Waals surface area contributed by atoms with Crippen molar-refractivity contribution in [2.45, 2.75) is 25.9 Å². The molecule has 166 valence electrons. The summed E-state index contributed by atoms with van der Waals surface area (Å²) in [6, 6.07) is 21.9. The quantitative estimate of drug-likeness (QED) is 0.343. The number of pyridine rings is 1. The maximum atomic E-state index is 15.0. The molecule has 1 fully saturated rings. The Hall–Kier alpha value is -3.22. The van der Waals surface area contributed by atoms with Crippen molar-refractivity contribution in [2.75, 3.05) is 4.90 Å². The topological polar surface area (TPSA) is 33.1 Å². The lowest BCUT2D eigenvalue weighted by molar-refractivity contribution is 0.556. The first-order valence-electron chi connectivity index (χ1n) is 10.7. The number of halogens is 2. The van der Waals surface area contributed by atoms with Crippen molar-refractivity contribution in [3.8, 4) is 5.69 Å². The molecule has 1 saturated heterocycles. The molecule has 2 aromatic heterocycles. The minimum absolute atomic E-state index is 0.244. The smallest absolute Gasteiger partial charge is 0.174 e. The van der Waals surface area contributed by atoms with Crippen LogP contribution in [-0.4, -0.2) is 14.7 Å². The van der Waals surface area contributed by atoms with Gasteiger partial charge >= 0.3 is 0 Å². The Morgan fingerprint density at radius 3 is 2.52 bits per heavy atom. The molecular formula is C26H22ClFN4S. The maximum Gasteiger partial charge on any atom is 0.174 e. The molecule has 1 N–H and O–H groups in total. The molecule has 3 heterocycles. The third-order valence-electron chi connectivity index (χ3n) is 6.07. The van der Waals surface area contributed by atoms with E-state index in [1.54, 1.807) is 18.3 Å². The first kappa shape index (κ1) is 21.6. The molecule has 0 aliphatic carbocycles. The van der Waals surface area contributed by atoms with Gasteiger partial charge in [0.25, 0.3) is 0 Å². The fourth-order valence-electron chi connectivity index (χ4n) is 4.68. The van der Waals surface area contributed by atoms with E-state index in [1.165, 1.54) is 6.07 Å². The molecule has 0 radical (unpaired) electrons. The SMILES string of the molecule is Cc1cc([C@H]2[C@@H](c3ccccn3)NC(=S)N2c2ccccc2F)c(C)n1-c1cccc(Cl)c1. The zero-order valence-electron chi connectivity index (χ0n) is 18.2. The molecule has 0 saturated carbocycles. The standard InChI is InChI=1S/C26H22ClFN4S/c1-16-14-20(17(2)31(16)19-9-7-8-18(27)15-19)25-24(22-11-5-6-13-29-22)30-26(33)32(25)23-12-4-3-10-21(23)28/h3-15,24-25H,1-2H3,(H,30,33)/t24-,25+/m1/s1. The van der Waals surface area contributed by atoms with Gasteiger partial charge in [0.2, 0.25) is 0 Å². The molecule has 4 nitrogen and oxygen atoms in total. The highest BCUT2D eigenvalue weighted by Crippen LogP contribution is 2.44. The summed E-state index contributed by atoms with van der Waals surface area (Å²) in [6.45, 7) is 4.13. The zero-order valence-corrected chi connectivity index (χ0v) is 19.7. The number of hydrogen-bond acceptors (Lipinski definition) is 2. The summed E-state index contributed by atoms with van der Waals surface area (Å²) in [5.74, 6) is -0.322. The van der Waals surface area contributed by atoms with Crippen molar-refractivity contribution in [1.82, 2.24) is 14.9 Å². The maximum absolute atomic E-state index is 15.0. The lowest BCUT2D eigenvalue weighted by Crippen LogP contribution is -2.30. The summed E-state index contributed by atoms with van der Waals surface area (Å²) >= 11 is 12.0. The molecule has 0 amide bonds. The van der Waals surface area contributed by atoms with Gasteiger partial charge in [-0.2, -0.15) is 0 Å². The Bertz CT molecular complexity index is 1340. The number of aromatic nitrogens is 2. The second kappa shape index (κ2) is 8.61.